The number of amides is 2. The van der Waals surface area contributed by atoms with Gasteiger partial charge in [-0.3, -0.25) is 10.1 Å². The molecule has 0 aromatic heterocycles. The van der Waals surface area contributed by atoms with Crippen LogP contribution in [0.15, 0.2) is 54.6 Å². The number of rotatable bonds is 7. The highest BCUT2D eigenvalue weighted by Gasteiger charge is 2.28. The maximum Gasteiger partial charge on any atom is 0.411 e. The molecule has 0 saturated heterocycles. The molecule has 3 rings (SSSR count). The van der Waals surface area contributed by atoms with Gasteiger partial charge in [0.1, 0.15) is 6.04 Å². The Balaban J connectivity index is 1.69. The first-order valence-corrected chi connectivity index (χ1v) is 8.81. The van der Waals surface area contributed by atoms with E-state index in [1.54, 1.807) is 19.1 Å². The maximum atomic E-state index is 12.6. The van der Waals surface area contributed by atoms with Gasteiger partial charge < -0.3 is 15.4 Å². The molecule has 136 valence electrons. The molecule has 1 aliphatic rings. The van der Waals surface area contributed by atoms with Crippen LogP contribution in [0.3, 0.4) is 0 Å². The Labute approximate surface area is 152 Å². The Hall–Kier alpha value is -3.02. The van der Waals surface area contributed by atoms with Crippen molar-refractivity contribution >= 4 is 23.4 Å². The molecule has 1 atom stereocenters. The summed E-state index contributed by atoms with van der Waals surface area (Å²) in [5.41, 5.74) is 2.33. The average molecular weight is 353 g/mol. The summed E-state index contributed by atoms with van der Waals surface area (Å²) >= 11 is 0. The van der Waals surface area contributed by atoms with Crippen LogP contribution >= 0.6 is 0 Å². The average Bonchev–Trinajstić information content (AvgIpc) is 3.46. The zero-order valence-electron chi connectivity index (χ0n) is 14.7. The Morgan fingerprint density at radius 3 is 2.31 bits per heavy atom. The second kappa shape index (κ2) is 8.38. The van der Waals surface area contributed by atoms with Gasteiger partial charge in [0.25, 0.3) is 0 Å². The maximum absolute atomic E-state index is 12.6. The van der Waals surface area contributed by atoms with E-state index in [9.17, 15) is 9.59 Å². The van der Waals surface area contributed by atoms with E-state index >= 15 is 0 Å². The molecule has 0 bridgehead atoms. The molecule has 2 amide bonds. The molecule has 26 heavy (non-hydrogen) atoms. The molecule has 0 aliphatic heterocycles. The second-order valence-corrected chi connectivity index (χ2v) is 6.19. The highest BCUT2D eigenvalue weighted by atomic mass is 16.5. The van der Waals surface area contributed by atoms with Crippen molar-refractivity contribution in [3.8, 4) is 0 Å². The van der Waals surface area contributed by atoms with Gasteiger partial charge in [-0.1, -0.05) is 30.3 Å². The van der Waals surface area contributed by atoms with Crippen molar-refractivity contribution in [2.45, 2.75) is 31.8 Å². The van der Waals surface area contributed by atoms with E-state index in [1.807, 2.05) is 42.5 Å². The molecule has 2 aromatic rings. The van der Waals surface area contributed by atoms with Crippen LogP contribution in [0.5, 0.6) is 0 Å². The van der Waals surface area contributed by atoms with Crippen LogP contribution in [0.25, 0.3) is 0 Å². The van der Waals surface area contributed by atoms with E-state index in [-0.39, 0.29) is 5.91 Å². The van der Waals surface area contributed by atoms with Gasteiger partial charge in [-0.15, -0.1) is 0 Å². The lowest BCUT2D eigenvalue weighted by Crippen LogP contribution is -2.34. The number of hydrogen-bond acceptors (Lipinski definition) is 4. The van der Waals surface area contributed by atoms with Gasteiger partial charge in [0.15, 0.2) is 0 Å². The van der Waals surface area contributed by atoms with Crippen LogP contribution in [0, 0.1) is 0 Å². The normalized spacial score (nSPS) is 14.2. The topological polar surface area (TPSA) is 79.5 Å². The van der Waals surface area contributed by atoms with Crippen LogP contribution in [-0.4, -0.2) is 24.6 Å². The summed E-state index contributed by atoms with van der Waals surface area (Å²) in [6.07, 6.45) is 1.60. The molecule has 3 N–H and O–H groups in total. The SMILES string of the molecule is CCOC(=O)Nc1ccc(NC(C(=O)NC2CC2)c2ccccc2)cc1. The summed E-state index contributed by atoms with van der Waals surface area (Å²) in [5, 5.41) is 8.97. The molecule has 1 saturated carbocycles. The van der Waals surface area contributed by atoms with Crippen molar-refractivity contribution < 1.29 is 14.3 Å². The largest absolute Gasteiger partial charge is 0.450 e. The number of carbonyl (C=O) groups is 2. The molecule has 2 aromatic carbocycles. The minimum atomic E-state index is -0.487. The monoisotopic (exact) mass is 353 g/mol. The predicted molar refractivity (Wildman–Crippen MR) is 101 cm³/mol. The first kappa shape index (κ1) is 17.8. The van der Waals surface area contributed by atoms with Crippen molar-refractivity contribution in [1.29, 1.82) is 0 Å². The number of hydrogen-bond donors (Lipinski definition) is 3. The third kappa shape index (κ3) is 4.99. The van der Waals surface area contributed by atoms with Crippen LogP contribution in [0.4, 0.5) is 16.2 Å². The molecule has 0 spiro atoms. The van der Waals surface area contributed by atoms with Crippen molar-refractivity contribution in [3.05, 3.63) is 60.2 Å². The third-order valence-corrected chi connectivity index (χ3v) is 4.04. The lowest BCUT2D eigenvalue weighted by Gasteiger charge is -2.20. The van der Waals surface area contributed by atoms with Crippen LogP contribution < -0.4 is 16.0 Å². The Morgan fingerprint density at radius 2 is 1.69 bits per heavy atom. The fourth-order valence-corrected chi connectivity index (χ4v) is 2.56. The molecule has 6 heteroatoms. The van der Waals surface area contributed by atoms with Crippen LogP contribution in [0.1, 0.15) is 31.4 Å². The van der Waals surface area contributed by atoms with Gasteiger partial charge in [-0.05, 0) is 49.6 Å². The lowest BCUT2D eigenvalue weighted by atomic mass is 10.1. The molecular weight excluding hydrogens is 330 g/mol. The standard InChI is InChI=1S/C20H23N3O3/c1-2-26-20(25)23-17-12-8-15(9-13-17)21-18(14-6-4-3-5-7-14)19(24)22-16-10-11-16/h3-9,12-13,16,18,21H,2,10-11H2,1H3,(H,22,24)(H,23,25). The first-order chi connectivity index (χ1) is 12.7. The van der Waals surface area contributed by atoms with Gasteiger partial charge in [0.05, 0.1) is 6.61 Å². The fraction of sp³-hybridized carbons (Fsp3) is 0.300. The number of anilines is 2. The summed E-state index contributed by atoms with van der Waals surface area (Å²) in [6.45, 7) is 2.07. The van der Waals surface area contributed by atoms with E-state index in [4.69, 9.17) is 4.74 Å². The fourth-order valence-electron chi connectivity index (χ4n) is 2.56. The van der Waals surface area contributed by atoms with E-state index < -0.39 is 12.1 Å². The van der Waals surface area contributed by atoms with E-state index in [0.29, 0.717) is 18.3 Å². The van der Waals surface area contributed by atoms with E-state index in [2.05, 4.69) is 16.0 Å². The number of ether oxygens (including phenoxy) is 1. The molecule has 0 radical (unpaired) electrons. The van der Waals surface area contributed by atoms with Crippen molar-refractivity contribution in [2.75, 3.05) is 17.2 Å². The summed E-state index contributed by atoms with van der Waals surface area (Å²) < 4.78 is 4.85. The first-order valence-electron chi connectivity index (χ1n) is 8.81. The van der Waals surface area contributed by atoms with Crippen molar-refractivity contribution in [2.24, 2.45) is 0 Å². The minimum Gasteiger partial charge on any atom is -0.450 e. The molecule has 6 nitrogen and oxygen atoms in total. The summed E-state index contributed by atoms with van der Waals surface area (Å²) in [5.74, 6) is -0.0348. The minimum absolute atomic E-state index is 0.0348. The molecule has 1 fully saturated rings. The number of carbonyl (C=O) groups excluding carboxylic acids is 2. The third-order valence-electron chi connectivity index (χ3n) is 4.04. The summed E-state index contributed by atoms with van der Waals surface area (Å²) in [7, 11) is 0. The van der Waals surface area contributed by atoms with Gasteiger partial charge in [0.2, 0.25) is 5.91 Å². The molecule has 1 unspecified atom stereocenters. The second-order valence-electron chi connectivity index (χ2n) is 6.19. The van der Waals surface area contributed by atoms with Gasteiger partial charge in [-0.25, -0.2) is 4.79 Å². The van der Waals surface area contributed by atoms with Gasteiger partial charge in [0, 0.05) is 17.4 Å². The van der Waals surface area contributed by atoms with Gasteiger partial charge >= 0.3 is 6.09 Å². The molecule has 1 aliphatic carbocycles. The Bertz CT molecular complexity index is 743. The van der Waals surface area contributed by atoms with Crippen LogP contribution in [-0.2, 0) is 9.53 Å². The van der Waals surface area contributed by atoms with E-state index in [1.165, 1.54) is 0 Å². The predicted octanol–water partition coefficient (Wildman–Crippen LogP) is 3.69. The molecular formula is C20H23N3O3. The highest BCUT2D eigenvalue weighted by molar-refractivity contribution is 5.87. The molecule has 0 heterocycles. The highest BCUT2D eigenvalue weighted by Crippen LogP contribution is 2.24. The zero-order chi connectivity index (χ0) is 18.4. The Morgan fingerprint density at radius 1 is 1.04 bits per heavy atom. The Kier molecular flexibility index (Phi) is 5.73. The summed E-state index contributed by atoms with van der Waals surface area (Å²) in [4.78, 5) is 24.1. The van der Waals surface area contributed by atoms with Crippen LogP contribution in [0.2, 0.25) is 0 Å². The lowest BCUT2D eigenvalue weighted by molar-refractivity contribution is -0.122. The van der Waals surface area contributed by atoms with Crippen molar-refractivity contribution in [1.82, 2.24) is 5.32 Å². The zero-order valence-corrected chi connectivity index (χ0v) is 14.7. The smallest absolute Gasteiger partial charge is 0.411 e. The summed E-state index contributed by atoms with van der Waals surface area (Å²) in [6, 6.07) is 16.6. The number of benzene rings is 2. The number of nitrogens with one attached hydrogen (secondary N) is 3. The van der Waals surface area contributed by atoms with E-state index in [0.717, 1.165) is 24.1 Å². The van der Waals surface area contributed by atoms with Crippen molar-refractivity contribution in [3.63, 3.8) is 0 Å². The quantitative estimate of drug-likeness (QED) is 0.709. The van der Waals surface area contributed by atoms with Gasteiger partial charge in [-0.2, -0.15) is 0 Å².